The predicted octanol–water partition coefficient (Wildman–Crippen LogP) is 2.27. The SMILES string of the molecule is CC(C)CC(C)OCCCn1cc(N)ccc1=O. The molecule has 0 amide bonds. The summed E-state index contributed by atoms with van der Waals surface area (Å²) in [6.45, 7) is 7.79. The van der Waals surface area contributed by atoms with Crippen LogP contribution in [0.25, 0.3) is 0 Å². The number of nitrogen functional groups attached to an aromatic ring is 1. The van der Waals surface area contributed by atoms with Crippen molar-refractivity contribution in [3.63, 3.8) is 0 Å². The lowest BCUT2D eigenvalue weighted by atomic mass is 10.1. The van der Waals surface area contributed by atoms with Gasteiger partial charge in [0.25, 0.3) is 5.56 Å². The van der Waals surface area contributed by atoms with Gasteiger partial charge in [0.15, 0.2) is 0 Å². The summed E-state index contributed by atoms with van der Waals surface area (Å²) in [4.78, 5) is 11.5. The second kappa shape index (κ2) is 7.21. The molecule has 1 heterocycles. The highest BCUT2D eigenvalue weighted by Crippen LogP contribution is 2.07. The van der Waals surface area contributed by atoms with Crippen LogP contribution in [0, 0.1) is 5.92 Å². The lowest BCUT2D eigenvalue weighted by Crippen LogP contribution is -2.20. The number of anilines is 1. The summed E-state index contributed by atoms with van der Waals surface area (Å²) < 4.78 is 7.33. The number of aryl methyl sites for hydroxylation is 1. The van der Waals surface area contributed by atoms with Crippen LogP contribution in [0.3, 0.4) is 0 Å². The fourth-order valence-electron chi connectivity index (χ4n) is 1.98. The first-order valence-corrected chi connectivity index (χ1v) is 6.56. The van der Waals surface area contributed by atoms with E-state index in [-0.39, 0.29) is 11.7 Å². The van der Waals surface area contributed by atoms with Crippen LogP contribution in [0.2, 0.25) is 0 Å². The Hall–Kier alpha value is -1.29. The molecule has 0 radical (unpaired) electrons. The van der Waals surface area contributed by atoms with Gasteiger partial charge in [-0.15, -0.1) is 0 Å². The highest BCUT2D eigenvalue weighted by molar-refractivity contribution is 5.33. The van der Waals surface area contributed by atoms with Gasteiger partial charge in [-0.3, -0.25) is 4.79 Å². The molecule has 4 heteroatoms. The van der Waals surface area contributed by atoms with Crippen molar-refractivity contribution in [2.24, 2.45) is 5.92 Å². The van der Waals surface area contributed by atoms with Gasteiger partial charge >= 0.3 is 0 Å². The largest absolute Gasteiger partial charge is 0.398 e. The third-order valence-electron chi connectivity index (χ3n) is 2.76. The number of nitrogens with zero attached hydrogens (tertiary/aromatic N) is 1. The van der Waals surface area contributed by atoms with Gasteiger partial charge in [-0.2, -0.15) is 0 Å². The number of ether oxygens (including phenoxy) is 1. The molecule has 1 aromatic heterocycles. The molecule has 1 atom stereocenters. The van der Waals surface area contributed by atoms with Crippen molar-refractivity contribution in [2.75, 3.05) is 12.3 Å². The molecule has 102 valence electrons. The van der Waals surface area contributed by atoms with Gasteiger partial charge in [-0.1, -0.05) is 13.8 Å². The zero-order valence-corrected chi connectivity index (χ0v) is 11.6. The standard InChI is InChI=1S/C14H24N2O2/c1-11(2)9-12(3)18-8-4-7-16-10-13(15)5-6-14(16)17/h5-6,10-12H,4,7-9,15H2,1-3H3. The zero-order chi connectivity index (χ0) is 13.5. The third-order valence-corrected chi connectivity index (χ3v) is 2.76. The van der Waals surface area contributed by atoms with Crippen LogP contribution in [0.15, 0.2) is 23.1 Å². The minimum Gasteiger partial charge on any atom is -0.398 e. The molecule has 0 aliphatic heterocycles. The van der Waals surface area contributed by atoms with Crippen LogP contribution in [0.5, 0.6) is 0 Å². The van der Waals surface area contributed by atoms with Crippen molar-refractivity contribution in [2.45, 2.75) is 46.3 Å². The summed E-state index contributed by atoms with van der Waals surface area (Å²) in [5, 5.41) is 0. The Balaban J connectivity index is 2.29. The molecule has 0 spiro atoms. The van der Waals surface area contributed by atoms with Crippen molar-refractivity contribution in [1.82, 2.24) is 4.57 Å². The topological polar surface area (TPSA) is 57.2 Å². The predicted molar refractivity (Wildman–Crippen MR) is 74.6 cm³/mol. The lowest BCUT2D eigenvalue weighted by molar-refractivity contribution is 0.0486. The normalized spacial score (nSPS) is 12.9. The maximum atomic E-state index is 11.5. The highest BCUT2D eigenvalue weighted by atomic mass is 16.5. The maximum Gasteiger partial charge on any atom is 0.250 e. The average Bonchev–Trinajstić information content (AvgIpc) is 2.28. The molecule has 0 bridgehead atoms. The van der Waals surface area contributed by atoms with Gasteiger partial charge in [-0.05, 0) is 31.7 Å². The van der Waals surface area contributed by atoms with Crippen molar-refractivity contribution in [3.05, 3.63) is 28.7 Å². The Morgan fingerprint density at radius 2 is 2.06 bits per heavy atom. The second-order valence-corrected chi connectivity index (χ2v) is 5.16. The van der Waals surface area contributed by atoms with Crippen molar-refractivity contribution >= 4 is 5.69 Å². The number of aromatic nitrogens is 1. The van der Waals surface area contributed by atoms with E-state index in [9.17, 15) is 4.79 Å². The van der Waals surface area contributed by atoms with Gasteiger partial charge in [0.2, 0.25) is 0 Å². The van der Waals surface area contributed by atoms with Crippen LogP contribution < -0.4 is 11.3 Å². The Labute approximate surface area is 109 Å². The summed E-state index contributed by atoms with van der Waals surface area (Å²) in [5.74, 6) is 0.650. The molecular weight excluding hydrogens is 228 g/mol. The van der Waals surface area contributed by atoms with Gasteiger partial charge < -0.3 is 15.0 Å². The fourth-order valence-corrected chi connectivity index (χ4v) is 1.98. The third kappa shape index (κ3) is 5.36. The van der Waals surface area contributed by atoms with E-state index >= 15 is 0 Å². The first-order chi connectivity index (χ1) is 8.49. The number of hydrogen-bond acceptors (Lipinski definition) is 3. The molecule has 0 fully saturated rings. The summed E-state index contributed by atoms with van der Waals surface area (Å²) in [6, 6.07) is 3.12. The van der Waals surface area contributed by atoms with Crippen molar-refractivity contribution in [1.29, 1.82) is 0 Å². The summed E-state index contributed by atoms with van der Waals surface area (Å²) in [7, 11) is 0. The number of hydrogen-bond donors (Lipinski definition) is 1. The van der Waals surface area contributed by atoms with Gasteiger partial charge in [0, 0.05) is 31.1 Å². The Morgan fingerprint density at radius 1 is 1.33 bits per heavy atom. The average molecular weight is 252 g/mol. The molecule has 0 saturated heterocycles. The molecule has 1 aromatic rings. The molecule has 0 aromatic carbocycles. The second-order valence-electron chi connectivity index (χ2n) is 5.16. The monoisotopic (exact) mass is 252 g/mol. The van der Waals surface area contributed by atoms with Gasteiger partial charge in [-0.25, -0.2) is 0 Å². The van der Waals surface area contributed by atoms with E-state index in [1.165, 1.54) is 6.07 Å². The van der Waals surface area contributed by atoms with E-state index in [2.05, 4.69) is 20.8 Å². The van der Waals surface area contributed by atoms with Crippen LogP contribution in [-0.2, 0) is 11.3 Å². The molecule has 0 saturated carbocycles. The summed E-state index contributed by atoms with van der Waals surface area (Å²) >= 11 is 0. The molecule has 0 aliphatic rings. The molecule has 18 heavy (non-hydrogen) atoms. The van der Waals surface area contributed by atoms with Crippen LogP contribution in [0.1, 0.15) is 33.6 Å². The summed E-state index contributed by atoms with van der Waals surface area (Å²) in [6.07, 6.45) is 3.85. The Kier molecular flexibility index (Phi) is 5.92. The van der Waals surface area contributed by atoms with Crippen LogP contribution in [-0.4, -0.2) is 17.3 Å². The zero-order valence-electron chi connectivity index (χ0n) is 11.6. The molecule has 1 unspecified atom stereocenters. The quantitative estimate of drug-likeness (QED) is 0.757. The minimum atomic E-state index is -0.0144. The maximum absolute atomic E-state index is 11.5. The minimum absolute atomic E-state index is 0.0144. The molecule has 1 rings (SSSR count). The van der Waals surface area contributed by atoms with Crippen molar-refractivity contribution < 1.29 is 4.74 Å². The fraction of sp³-hybridized carbons (Fsp3) is 0.643. The molecule has 2 N–H and O–H groups in total. The first-order valence-electron chi connectivity index (χ1n) is 6.56. The first kappa shape index (κ1) is 14.8. The number of pyridine rings is 1. The van der Waals surface area contributed by atoms with E-state index in [4.69, 9.17) is 10.5 Å². The van der Waals surface area contributed by atoms with Crippen molar-refractivity contribution in [3.8, 4) is 0 Å². The molecular formula is C14H24N2O2. The highest BCUT2D eigenvalue weighted by Gasteiger charge is 2.05. The molecule has 0 aliphatic carbocycles. The van der Waals surface area contributed by atoms with E-state index < -0.39 is 0 Å². The smallest absolute Gasteiger partial charge is 0.250 e. The molecule has 4 nitrogen and oxygen atoms in total. The van der Waals surface area contributed by atoms with E-state index in [0.717, 1.165) is 12.8 Å². The Bertz CT molecular complexity index is 413. The van der Waals surface area contributed by atoms with E-state index in [1.54, 1.807) is 16.8 Å². The Morgan fingerprint density at radius 3 is 2.72 bits per heavy atom. The number of nitrogens with two attached hydrogens (primary N) is 1. The van der Waals surface area contributed by atoms with E-state index in [0.29, 0.717) is 24.8 Å². The van der Waals surface area contributed by atoms with Gasteiger partial charge in [0.05, 0.1) is 6.10 Å². The number of rotatable bonds is 7. The van der Waals surface area contributed by atoms with Crippen LogP contribution in [0.4, 0.5) is 5.69 Å². The van der Waals surface area contributed by atoms with Crippen LogP contribution >= 0.6 is 0 Å². The summed E-state index contributed by atoms with van der Waals surface area (Å²) in [5.41, 5.74) is 6.24. The van der Waals surface area contributed by atoms with Gasteiger partial charge in [0.1, 0.15) is 0 Å². The lowest BCUT2D eigenvalue weighted by Gasteiger charge is -2.15. The van der Waals surface area contributed by atoms with E-state index in [1.807, 2.05) is 0 Å².